The van der Waals surface area contributed by atoms with Crippen molar-refractivity contribution in [2.45, 2.75) is 53.0 Å². The van der Waals surface area contributed by atoms with Crippen molar-refractivity contribution in [1.29, 1.82) is 0 Å². The van der Waals surface area contributed by atoms with Crippen molar-refractivity contribution in [1.82, 2.24) is 4.57 Å². The van der Waals surface area contributed by atoms with E-state index >= 15 is 0 Å². The van der Waals surface area contributed by atoms with Gasteiger partial charge in [0.2, 0.25) is 0 Å². The molecule has 0 atom stereocenters. The first-order valence-corrected chi connectivity index (χ1v) is 10.0. The Morgan fingerprint density at radius 3 is 2.24 bits per heavy atom. The number of rotatable bonds is 8. The van der Waals surface area contributed by atoms with E-state index in [-0.39, 0.29) is 37.2 Å². The fourth-order valence-corrected chi connectivity index (χ4v) is 3.44. The van der Waals surface area contributed by atoms with Gasteiger partial charge in [-0.25, -0.2) is 9.59 Å². The molecule has 0 spiro atoms. The van der Waals surface area contributed by atoms with Gasteiger partial charge in [-0.3, -0.25) is 4.79 Å². The lowest BCUT2D eigenvalue weighted by atomic mass is 10.0. The van der Waals surface area contributed by atoms with E-state index in [1.54, 1.807) is 30.7 Å². The summed E-state index contributed by atoms with van der Waals surface area (Å²) in [5.74, 6) is -1.01. The highest BCUT2D eigenvalue weighted by molar-refractivity contribution is 6.00. The molecule has 0 saturated heterocycles. The number of ketones is 1. The van der Waals surface area contributed by atoms with E-state index < -0.39 is 11.9 Å². The smallest absolute Gasteiger partial charge is 0.355 e. The van der Waals surface area contributed by atoms with Crippen LogP contribution in [0.1, 0.15) is 80.5 Å². The number of Topliss-reactive ketones (excluding diaryl/α,β-unsaturated/α-hetero) is 1. The molecule has 0 unspecified atom stereocenters. The van der Waals surface area contributed by atoms with Crippen LogP contribution in [0.25, 0.3) is 0 Å². The average Bonchev–Trinajstić information content (AvgIpc) is 3.45. The molecule has 2 aromatic rings. The third-order valence-corrected chi connectivity index (χ3v) is 5.21. The number of carbonyl (C=O) groups is 3. The van der Waals surface area contributed by atoms with Crippen molar-refractivity contribution in [3.05, 3.63) is 57.9 Å². The summed E-state index contributed by atoms with van der Waals surface area (Å²) >= 11 is 0. The summed E-state index contributed by atoms with van der Waals surface area (Å²) in [4.78, 5) is 38.2. The Bertz CT molecular complexity index is 952. The van der Waals surface area contributed by atoms with Crippen molar-refractivity contribution in [2.24, 2.45) is 0 Å². The van der Waals surface area contributed by atoms with Gasteiger partial charge >= 0.3 is 11.9 Å². The number of hydrogen-bond acceptors (Lipinski definition) is 5. The van der Waals surface area contributed by atoms with E-state index in [1.165, 1.54) is 0 Å². The highest BCUT2D eigenvalue weighted by atomic mass is 16.5. The molecule has 6 heteroatoms. The summed E-state index contributed by atoms with van der Waals surface area (Å²) in [6, 6.07) is 5.54. The molecule has 0 N–H and O–H groups in total. The fourth-order valence-electron chi connectivity index (χ4n) is 3.44. The van der Waals surface area contributed by atoms with E-state index in [2.05, 4.69) is 0 Å². The molecule has 0 radical (unpaired) electrons. The molecule has 1 aromatic carbocycles. The van der Waals surface area contributed by atoms with Gasteiger partial charge in [-0.2, -0.15) is 0 Å². The zero-order valence-corrected chi connectivity index (χ0v) is 17.4. The number of benzene rings is 1. The van der Waals surface area contributed by atoms with Crippen molar-refractivity contribution >= 4 is 17.7 Å². The van der Waals surface area contributed by atoms with Crippen LogP contribution in [-0.2, 0) is 16.0 Å². The molecule has 0 amide bonds. The second-order valence-electron chi connectivity index (χ2n) is 7.37. The van der Waals surface area contributed by atoms with Crippen LogP contribution in [0, 0.1) is 13.8 Å². The lowest BCUT2D eigenvalue weighted by Crippen LogP contribution is -2.18. The maximum Gasteiger partial charge on any atom is 0.355 e. The minimum absolute atomic E-state index is 0.0459. The largest absolute Gasteiger partial charge is 0.462 e. The second kappa shape index (κ2) is 8.64. The van der Waals surface area contributed by atoms with Crippen LogP contribution in [0.2, 0.25) is 0 Å². The minimum Gasteiger partial charge on any atom is -0.462 e. The van der Waals surface area contributed by atoms with Crippen molar-refractivity contribution in [3.8, 4) is 0 Å². The topological polar surface area (TPSA) is 74.6 Å². The van der Waals surface area contributed by atoms with E-state index in [1.807, 2.05) is 26.0 Å². The van der Waals surface area contributed by atoms with Gasteiger partial charge in [-0.15, -0.1) is 0 Å². The van der Waals surface area contributed by atoms with Crippen LogP contribution in [0.4, 0.5) is 0 Å². The first-order chi connectivity index (χ1) is 13.9. The van der Waals surface area contributed by atoms with Gasteiger partial charge in [0.05, 0.1) is 25.3 Å². The molecule has 1 fully saturated rings. The maximum absolute atomic E-state index is 12.9. The van der Waals surface area contributed by atoms with Gasteiger partial charge in [-0.1, -0.05) is 12.1 Å². The maximum atomic E-state index is 12.9. The number of aryl methyl sites for hydroxylation is 2. The lowest BCUT2D eigenvalue weighted by molar-refractivity contribution is 0.0511. The third-order valence-electron chi connectivity index (χ3n) is 5.21. The van der Waals surface area contributed by atoms with Crippen LogP contribution >= 0.6 is 0 Å². The predicted molar refractivity (Wildman–Crippen MR) is 109 cm³/mol. The zero-order chi connectivity index (χ0) is 21.1. The van der Waals surface area contributed by atoms with Crippen molar-refractivity contribution in [2.75, 3.05) is 13.2 Å². The summed E-state index contributed by atoms with van der Waals surface area (Å²) < 4.78 is 12.0. The number of aromatic nitrogens is 1. The summed E-state index contributed by atoms with van der Waals surface area (Å²) in [5, 5.41) is 0. The Labute approximate surface area is 170 Å². The minimum atomic E-state index is -0.516. The van der Waals surface area contributed by atoms with Crippen LogP contribution in [0.3, 0.4) is 0 Å². The Balaban J connectivity index is 2.02. The van der Waals surface area contributed by atoms with Crippen LogP contribution in [0.5, 0.6) is 0 Å². The Morgan fingerprint density at radius 2 is 1.66 bits per heavy atom. The molecule has 154 valence electrons. The molecule has 0 bridgehead atoms. The summed E-state index contributed by atoms with van der Waals surface area (Å²) in [5.41, 5.74) is 3.99. The van der Waals surface area contributed by atoms with Gasteiger partial charge in [-0.05, 0) is 63.6 Å². The van der Waals surface area contributed by atoms with E-state index in [4.69, 9.17) is 9.47 Å². The normalized spacial score (nSPS) is 13.2. The Morgan fingerprint density at radius 1 is 1.00 bits per heavy atom. The van der Waals surface area contributed by atoms with Gasteiger partial charge in [0.1, 0.15) is 5.69 Å². The lowest BCUT2D eigenvalue weighted by Gasteiger charge is -2.11. The molecule has 1 heterocycles. The third kappa shape index (κ3) is 4.42. The molecule has 29 heavy (non-hydrogen) atoms. The predicted octanol–water partition coefficient (Wildman–Crippen LogP) is 4.22. The first kappa shape index (κ1) is 20.8. The van der Waals surface area contributed by atoms with E-state index in [9.17, 15) is 14.4 Å². The first-order valence-electron chi connectivity index (χ1n) is 10.0. The number of carbonyl (C=O) groups excluding carboxylic acids is 3. The molecular weight excluding hydrogens is 370 g/mol. The monoisotopic (exact) mass is 397 g/mol. The van der Waals surface area contributed by atoms with Crippen LogP contribution < -0.4 is 0 Å². The number of ether oxygens (including phenoxy) is 2. The van der Waals surface area contributed by atoms with Gasteiger partial charge in [0, 0.05) is 17.3 Å². The zero-order valence-electron chi connectivity index (χ0n) is 17.4. The molecule has 1 saturated carbocycles. The highest BCUT2D eigenvalue weighted by Crippen LogP contribution is 2.44. The standard InChI is InChI=1S/C23H27NO5/c1-5-28-22(26)18-12-24(13-19(25)17-8-7-14(3)15(4)11-17)21(23(27)29-6-2)20(18)16-9-10-16/h7-8,11-12,16H,5-6,9-10,13H2,1-4H3. The van der Waals surface area contributed by atoms with Gasteiger partial charge in [0.25, 0.3) is 0 Å². The number of hydrogen-bond donors (Lipinski definition) is 0. The Kier molecular flexibility index (Phi) is 6.20. The fraction of sp³-hybridized carbons (Fsp3) is 0.435. The van der Waals surface area contributed by atoms with Crippen LogP contribution in [-0.4, -0.2) is 35.5 Å². The van der Waals surface area contributed by atoms with E-state index in [0.717, 1.165) is 24.0 Å². The Hall–Kier alpha value is -2.89. The quantitative estimate of drug-likeness (QED) is 0.492. The van der Waals surface area contributed by atoms with Gasteiger partial charge < -0.3 is 14.0 Å². The average molecular weight is 397 g/mol. The molecule has 1 aliphatic carbocycles. The molecular formula is C23H27NO5. The number of esters is 2. The summed E-state index contributed by atoms with van der Waals surface area (Å²) in [6.45, 7) is 7.82. The molecule has 1 aliphatic rings. The second-order valence-corrected chi connectivity index (χ2v) is 7.37. The summed E-state index contributed by atoms with van der Waals surface area (Å²) in [6.07, 6.45) is 3.36. The number of nitrogens with zero attached hydrogens (tertiary/aromatic N) is 1. The molecule has 1 aromatic heterocycles. The van der Waals surface area contributed by atoms with Crippen molar-refractivity contribution in [3.63, 3.8) is 0 Å². The molecule has 0 aliphatic heterocycles. The van der Waals surface area contributed by atoms with Crippen LogP contribution in [0.15, 0.2) is 24.4 Å². The van der Waals surface area contributed by atoms with E-state index in [0.29, 0.717) is 16.7 Å². The van der Waals surface area contributed by atoms with Crippen molar-refractivity contribution < 1.29 is 23.9 Å². The highest BCUT2D eigenvalue weighted by Gasteiger charge is 2.37. The molecule has 3 rings (SSSR count). The van der Waals surface area contributed by atoms with Gasteiger partial charge in [0.15, 0.2) is 5.78 Å². The summed E-state index contributed by atoms with van der Waals surface area (Å²) in [7, 11) is 0. The molecule has 6 nitrogen and oxygen atoms in total. The SMILES string of the molecule is CCOC(=O)c1cn(CC(=O)c2ccc(C)c(C)c2)c(C(=O)OCC)c1C1CC1.